The lowest BCUT2D eigenvalue weighted by Crippen LogP contribution is -2.46. The maximum atomic E-state index is 12.4. The van der Waals surface area contributed by atoms with Crippen molar-refractivity contribution in [3.63, 3.8) is 0 Å². The van der Waals surface area contributed by atoms with E-state index in [1.54, 1.807) is 24.3 Å². The van der Waals surface area contributed by atoms with Crippen molar-refractivity contribution in [2.75, 3.05) is 13.1 Å². The zero-order valence-electron chi connectivity index (χ0n) is 12.5. The standard InChI is InChI=1S/C16H20ClNO3.ClH/c1-2-14(16(20)21)18-9-7-12(8-10-18)15(19)11-3-5-13(17)6-4-11;/h3-6,12,14H,2,7-10H2,1H3,(H,20,21);1H. The molecule has 1 saturated heterocycles. The molecule has 1 unspecified atom stereocenters. The average molecular weight is 346 g/mol. The Hall–Kier alpha value is -1.10. The Bertz CT molecular complexity index is 511. The Morgan fingerprint density at radius 2 is 1.82 bits per heavy atom. The van der Waals surface area contributed by atoms with Gasteiger partial charge < -0.3 is 5.11 Å². The van der Waals surface area contributed by atoms with E-state index in [1.807, 2.05) is 11.8 Å². The minimum Gasteiger partial charge on any atom is -0.480 e. The number of aliphatic carboxylic acids is 1. The molecule has 22 heavy (non-hydrogen) atoms. The number of nitrogens with zero attached hydrogens (tertiary/aromatic N) is 1. The lowest BCUT2D eigenvalue weighted by atomic mass is 9.88. The molecule has 1 aromatic carbocycles. The summed E-state index contributed by atoms with van der Waals surface area (Å²) in [5.74, 6) is -0.664. The number of rotatable bonds is 5. The van der Waals surface area contributed by atoms with Gasteiger partial charge in [0, 0.05) is 16.5 Å². The first-order chi connectivity index (χ1) is 10.0. The van der Waals surface area contributed by atoms with Crippen molar-refractivity contribution in [2.45, 2.75) is 32.2 Å². The molecule has 1 aliphatic heterocycles. The van der Waals surface area contributed by atoms with Crippen LogP contribution < -0.4 is 0 Å². The normalized spacial score (nSPS) is 17.5. The van der Waals surface area contributed by atoms with Crippen LogP contribution in [0.25, 0.3) is 0 Å². The van der Waals surface area contributed by atoms with Gasteiger partial charge in [0.1, 0.15) is 6.04 Å². The molecule has 1 heterocycles. The molecule has 1 fully saturated rings. The minimum atomic E-state index is -0.778. The van der Waals surface area contributed by atoms with Crippen molar-refractivity contribution < 1.29 is 14.7 Å². The van der Waals surface area contributed by atoms with Gasteiger partial charge in [-0.25, -0.2) is 0 Å². The lowest BCUT2D eigenvalue weighted by molar-refractivity contribution is -0.144. The van der Waals surface area contributed by atoms with Crippen LogP contribution in [0.2, 0.25) is 5.02 Å². The number of halogens is 2. The number of carboxylic acid groups (broad SMARTS) is 1. The Morgan fingerprint density at radius 1 is 1.27 bits per heavy atom. The number of carboxylic acids is 1. The topological polar surface area (TPSA) is 57.6 Å². The summed E-state index contributed by atoms with van der Waals surface area (Å²) in [5, 5.41) is 9.80. The van der Waals surface area contributed by atoms with E-state index in [0.717, 1.165) is 0 Å². The molecule has 122 valence electrons. The fraction of sp³-hybridized carbons (Fsp3) is 0.500. The third kappa shape index (κ3) is 4.45. The van der Waals surface area contributed by atoms with Crippen molar-refractivity contribution in [3.8, 4) is 0 Å². The number of carbonyl (C=O) groups is 2. The third-order valence-corrected chi connectivity index (χ3v) is 4.39. The van der Waals surface area contributed by atoms with Crippen LogP contribution in [0.3, 0.4) is 0 Å². The molecule has 0 saturated carbocycles. The van der Waals surface area contributed by atoms with Crippen LogP contribution in [0.15, 0.2) is 24.3 Å². The number of hydrogen-bond donors (Lipinski definition) is 1. The van der Waals surface area contributed by atoms with Crippen molar-refractivity contribution in [1.29, 1.82) is 0 Å². The summed E-state index contributed by atoms with van der Waals surface area (Å²) < 4.78 is 0. The van der Waals surface area contributed by atoms with Crippen LogP contribution in [0.5, 0.6) is 0 Å². The first-order valence-corrected chi connectivity index (χ1v) is 7.67. The second-order valence-corrected chi connectivity index (χ2v) is 5.88. The summed E-state index contributed by atoms with van der Waals surface area (Å²) in [6.07, 6.45) is 2.02. The van der Waals surface area contributed by atoms with Crippen LogP contribution in [0.4, 0.5) is 0 Å². The molecule has 1 atom stereocenters. The van der Waals surface area contributed by atoms with E-state index < -0.39 is 12.0 Å². The number of benzene rings is 1. The highest BCUT2D eigenvalue weighted by atomic mass is 35.5. The van der Waals surface area contributed by atoms with E-state index in [9.17, 15) is 14.7 Å². The molecule has 0 radical (unpaired) electrons. The molecular weight excluding hydrogens is 325 g/mol. The van der Waals surface area contributed by atoms with Gasteiger partial charge in [-0.3, -0.25) is 14.5 Å². The van der Waals surface area contributed by atoms with E-state index in [0.29, 0.717) is 42.9 Å². The molecule has 0 aliphatic carbocycles. The SMILES string of the molecule is CCC(C(=O)O)N1CCC(C(=O)c2ccc(Cl)cc2)CC1.Cl. The minimum absolute atomic E-state index is 0. The van der Waals surface area contributed by atoms with Gasteiger partial charge in [-0.05, 0) is 56.6 Å². The second kappa shape index (κ2) is 8.51. The van der Waals surface area contributed by atoms with Crippen LogP contribution in [0.1, 0.15) is 36.5 Å². The summed E-state index contributed by atoms with van der Waals surface area (Å²) in [6.45, 7) is 3.20. The number of ketones is 1. The number of piperidine rings is 1. The van der Waals surface area contributed by atoms with Crippen molar-refractivity contribution in [1.82, 2.24) is 4.90 Å². The zero-order valence-corrected chi connectivity index (χ0v) is 14.1. The second-order valence-electron chi connectivity index (χ2n) is 5.44. The Labute approximate surface area is 141 Å². The van der Waals surface area contributed by atoms with Crippen LogP contribution in [-0.2, 0) is 4.79 Å². The fourth-order valence-corrected chi connectivity index (χ4v) is 3.04. The highest BCUT2D eigenvalue weighted by molar-refractivity contribution is 6.30. The maximum absolute atomic E-state index is 12.4. The highest BCUT2D eigenvalue weighted by Crippen LogP contribution is 2.24. The van der Waals surface area contributed by atoms with E-state index in [1.165, 1.54) is 0 Å². The Kier molecular flexibility index (Phi) is 7.33. The largest absolute Gasteiger partial charge is 0.480 e. The molecule has 1 aromatic rings. The Balaban J connectivity index is 0.00000242. The summed E-state index contributed by atoms with van der Waals surface area (Å²) >= 11 is 5.83. The summed E-state index contributed by atoms with van der Waals surface area (Å²) in [4.78, 5) is 25.6. The summed E-state index contributed by atoms with van der Waals surface area (Å²) in [5.41, 5.74) is 0.683. The number of likely N-dealkylation sites (tertiary alicyclic amines) is 1. The predicted octanol–water partition coefficient (Wildman–Crippen LogP) is 3.52. The molecule has 0 aromatic heterocycles. The van der Waals surface area contributed by atoms with Gasteiger partial charge >= 0.3 is 5.97 Å². The quantitative estimate of drug-likeness (QED) is 0.829. The van der Waals surface area contributed by atoms with E-state index in [2.05, 4.69) is 0 Å². The first-order valence-electron chi connectivity index (χ1n) is 7.29. The lowest BCUT2D eigenvalue weighted by Gasteiger charge is -2.34. The van der Waals surface area contributed by atoms with Crippen LogP contribution in [-0.4, -0.2) is 40.9 Å². The molecule has 0 spiro atoms. The van der Waals surface area contributed by atoms with Gasteiger partial charge in [-0.1, -0.05) is 18.5 Å². The van der Waals surface area contributed by atoms with Gasteiger partial charge in [0.25, 0.3) is 0 Å². The van der Waals surface area contributed by atoms with Gasteiger partial charge in [0.2, 0.25) is 0 Å². The van der Waals surface area contributed by atoms with E-state index >= 15 is 0 Å². The van der Waals surface area contributed by atoms with E-state index in [4.69, 9.17) is 11.6 Å². The molecule has 2 rings (SSSR count). The Morgan fingerprint density at radius 3 is 2.27 bits per heavy atom. The molecule has 0 bridgehead atoms. The number of hydrogen-bond acceptors (Lipinski definition) is 3. The molecule has 1 aliphatic rings. The fourth-order valence-electron chi connectivity index (χ4n) is 2.91. The summed E-state index contributed by atoms with van der Waals surface area (Å²) in [7, 11) is 0. The van der Waals surface area contributed by atoms with Gasteiger partial charge in [-0.2, -0.15) is 0 Å². The molecular formula is C16H21Cl2NO3. The number of Topliss-reactive ketones (excluding diaryl/α,β-unsaturated/α-hetero) is 1. The average Bonchev–Trinajstić information content (AvgIpc) is 2.48. The van der Waals surface area contributed by atoms with E-state index in [-0.39, 0.29) is 24.1 Å². The van der Waals surface area contributed by atoms with Gasteiger partial charge in [0.05, 0.1) is 0 Å². The smallest absolute Gasteiger partial charge is 0.320 e. The highest BCUT2D eigenvalue weighted by Gasteiger charge is 2.31. The third-order valence-electron chi connectivity index (χ3n) is 4.14. The molecule has 6 heteroatoms. The van der Waals surface area contributed by atoms with Crippen molar-refractivity contribution in [2.24, 2.45) is 5.92 Å². The zero-order chi connectivity index (χ0) is 15.4. The van der Waals surface area contributed by atoms with Gasteiger partial charge in [0.15, 0.2) is 5.78 Å². The predicted molar refractivity (Wildman–Crippen MR) is 89.0 cm³/mol. The molecule has 1 N–H and O–H groups in total. The van der Waals surface area contributed by atoms with Crippen LogP contribution in [0, 0.1) is 5.92 Å². The first kappa shape index (κ1) is 18.9. The molecule has 4 nitrogen and oxygen atoms in total. The molecule has 0 amide bonds. The summed E-state index contributed by atoms with van der Waals surface area (Å²) in [6, 6.07) is 6.52. The maximum Gasteiger partial charge on any atom is 0.320 e. The van der Waals surface area contributed by atoms with Crippen molar-refractivity contribution in [3.05, 3.63) is 34.9 Å². The van der Waals surface area contributed by atoms with Gasteiger partial charge in [-0.15, -0.1) is 12.4 Å². The number of carbonyl (C=O) groups excluding carboxylic acids is 1. The monoisotopic (exact) mass is 345 g/mol. The van der Waals surface area contributed by atoms with Crippen LogP contribution >= 0.6 is 24.0 Å². The van der Waals surface area contributed by atoms with Crippen molar-refractivity contribution >= 4 is 35.8 Å².